The first kappa shape index (κ1) is 21.8. The Morgan fingerprint density at radius 3 is 2.91 bits per heavy atom. The Morgan fingerprint density at radius 2 is 2.12 bits per heavy atom. The Morgan fingerprint density at radius 1 is 1.28 bits per heavy atom. The molecule has 170 valence electrons. The van der Waals surface area contributed by atoms with Gasteiger partial charge in [0.2, 0.25) is 0 Å². The maximum atomic E-state index is 13.6. The zero-order valence-corrected chi connectivity index (χ0v) is 21.0. The quantitative estimate of drug-likeness (QED) is 0.368. The van der Waals surface area contributed by atoms with Gasteiger partial charge in [0.05, 0.1) is 0 Å². The van der Waals surface area contributed by atoms with Crippen molar-refractivity contribution in [1.82, 2.24) is 22.3 Å². The molecule has 0 radical (unpaired) electrons. The average molecular weight is 565 g/mol. The first-order chi connectivity index (χ1) is 15.7. The van der Waals surface area contributed by atoms with Gasteiger partial charge < -0.3 is 0 Å². The molecule has 1 aliphatic heterocycles. The fraction of sp³-hybridized carbons (Fsp3) is 0.435. The summed E-state index contributed by atoms with van der Waals surface area (Å²) in [5.41, 5.74) is 5.00. The zero-order valence-electron chi connectivity index (χ0n) is 18.0. The summed E-state index contributed by atoms with van der Waals surface area (Å²) in [4.78, 5) is 9.37. The number of imidazole rings is 1. The Balaban J connectivity index is 1.33. The molecule has 4 heterocycles. The molecule has 2 N–H and O–H groups in total. The number of fused-ring (bicyclic) bond motifs is 1. The second-order valence-corrected chi connectivity index (χ2v) is 11.3. The molecule has 2 aliphatic rings. The van der Waals surface area contributed by atoms with Crippen molar-refractivity contribution in [3.05, 3.63) is 51.9 Å². The van der Waals surface area contributed by atoms with Crippen LogP contribution in [0.25, 0.3) is 11.2 Å². The van der Waals surface area contributed by atoms with E-state index in [1.165, 1.54) is 11.5 Å². The van der Waals surface area contributed by atoms with Gasteiger partial charge in [0.15, 0.2) is 0 Å². The number of anilines is 2. The first-order valence-corrected chi connectivity index (χ1v) is 14.2. The van der Waals surface area contributed by atoms with Crippen LogP contribution >= 0.6 is 11.5 Å². The summed E-state index contributed by atoms with van der Waals surface area (Å²) in [7, 11) is 0. The van der Waals surface area contributed by atoms with Crippen LogP contribution in [0.3, 0.4) is 0 Å². The van der Waals surface area contributed by atoms with E-state index >= 15 is 0 Å². The van der Waals surface area contributed by atoms with E-state index in [0.717, 1.165) is 71.2 Å². The number of allylic oxidation sites excluding steroid dienone is 2. The van der Waals surface area contributed by atoms with Gasteiger partial charge in [-0.3, -0.25) is 0 Å². The molecule has 0 bridgehead atoms. The molecule has 0 atom stereocenters. The second kappa shape index (κ2) is 9.86. The molecule has 1 fully saturated rings. The van der Waals surface area contributed by atoms with Crippen molar-refractivity contribution in [3.63, 3.8) is 0 Å². The van der Waals surface area contributed by atoms with Gasteiger partial charge in [-0.05, 0) is 31.6 Å². The van der Waals surface area contributed by atoms with Gasteiger partial charge >= 0.3 is 148 Å². The molecule has 1 aliphatic carbocycles. The molecular formula is C23H27FIN6S-. The summed E-state index contributed by atoms with van der Waals surface area (Å²) in [6.07, 6.45) is 14.1. The van der Waals surface area contributed by atoms with Crippen molar-refractivity contribution < 1.29 is 25.9 Å². The maximum absolute atomic E-state index is 13.6. The number of rotatable bonds is 5. The van der Waals surface area contributed by atoms with E-state index in [1.807, 2.05) is 19.3 Å². The van der Waals surface area contributed by atoms with Gasteiger partial charge in [0.1, 0.15) is 6.17 Å². The third-order valence-electron chi connectivity index (χ3n) is 6.04. The van der Waals surface area contributed by atoms with Crippen molar-refractivity contribution in [2.45, 2.75) is 58.0 Å². The van der Waals surface area contributed by atoms with E-state index < -0.39 is 6.17 Å². The van der Waals surface area contributed by atoms with Crippen LogP contribution in [0.15, 0.2) is 34.8 Å². The number of halogens is 2. The number of nitrogens with zero attached hydrogens (tertiary/aromatic N) is 4. The normalized spacial score (nSPS) is 21.9. The summed E-state index contributed by atoms with van der Waals surface area (Å²) in [5.74, 6) is 1.34. The number of hydrogen-bond acceptors (Lipinski definition) is 6. The monoisotopic (exact) mass is 565 g/mol. The van der Waals surface area contributed by atoms with Gasteiger partial charge in [0.25, 0.3) is 0 Å². The van der Waals surface area contributed by atoms with E-state index in [9.17, 15) is 4.39 Å². The van der Waals surface area contributed by atoms with Gasteiger partial charge in [-0.15, -0.1) is 0 Å². The predicted octanol–water partition coefficient (Wildman–Crippen LogP) is 2.55. The van der Waals surface area contributed by atoms with Crippen LogP contribution in [0, 0.1) is 12.8 Å². The van der Waals surface area contributed by atoms with Gasteiger partial charge in [0, 0.05) is 0 Å². The molecule has 3 aromatic rings. The van der Waals surface area contributed by atoms with Crippen molar-refractivity contribution in [3.8, 4) is 0 Å². The third kappa shape index (κ3) is 4.98. The fourth-order valence-electron chi connectivity index (χ4n) is 4.47. The number of aromatic nitrogens is 4. The average Bonchev–Trinajstić information content (AvgIpc) is 3.39. The molecule has 5 rings (SSSR count). The van der Waals surface area contributed by atoms with Crippen molar-refractivity contribution in [1.29, 1.82) is 0 Å². The second-order valence-electron chi connectivity index (χ2n) is 8.52. The summed E-state index contributed by atoms with van der Waals surface area (Å²) in [5, 5.41) is 4.43. The number of alkyl halides is 1. The number of nitrogens with one attached hydrogen (secondary N) is 2. The molecule has 3 aromatic heterocycles. The molecule has 0 aromatic carbocycles. The van der Waals surface area contributed by atoms with Gasteiger partial charge in [-0.25, -0.2) is 4.39 Å². The summed E-state index contributed by atoms with van der Waals surface area (Å²) < 4.78 is 26.0. The SMILES string of the molecule is Cc1cn2c(C3=CN[I-]C=C3)cnc2c(Nc2cc(CC3CCCC(F)CCC3)ns2)n1. The topological polar surface area (TPSA) is 67.1 Å². The predicted molar refractivity (Wildman–Crippen MR) is 123 cm³/mol. The van der Waals surface area contributed by atoms with Crippen LogP contribution in [-0.4, -0.2) is 24.9 Å². The van der Waals surface area contributed by atoms with Crippen molar-refractivity contribution in [2.24, 2.45) is 5.92 Å². The van der Waals surface area contributed by atoms with Crippen LogP contribution in [0.5, 0.6) is 0 Å². The van der Waals surface area contributed by atoms with Gasteiger partial charge in [-0.2, -0.15) is 0 Å². The summed E-state index contributed by atoms with van der Waals surface area (Å²) in [6, 6.07) is 2.13. The summed E-state index contributed by atoms with van der Waals surface area (Å²) >= 11 is 1.39. The van der Waals surface area contributed by atoms with E-state index in [2.05, 4.69) is 45.0 Å². The van der Waals surface area contributed by atoms with E-state index in [4.69, 9.17) is 4.98 Å². The molecular weight excluding hydrogens is 538 g/mol. The molecule has 9 heteroatoms. The van der Waals surface area contributed by atoms with E-state index in [0.29, 0.717) is 18.8 Å². The number of hydrogen-bond donors (Lipinski definition) is 2. The minimum atomic E-state index is -0.601. The zero-order chi connectivity index (χ0) is 21.9. The molecule has 0 amide bonds. The Bertz CT molecular complexity index is 1140. The first-order valence-electron chi connectivity index (χ1n) is 11.1. The van der Waals surface area contributed by atoms with E-state index in [-0.39, 0.29) is 21.5 Å². The molecule has 32 heavy (non-hydrogen) atoms. The van der Waals surface area contributed by atoms with Crippen molar-refractivity contribution in [2.75, 3.05) is 5.32 Å². The van der Waals surface area contributed by atoms with Crippen LogP contribution in [0.2, 0.25) is 0 Å². The van der Waals surface area contributed by atoms with E-state index in [1.54, 1.807) is 0 Å². The minimum absolute atomic E-state index is 0.0741. The molecule has 0 unspecified atom stereocenters. The fourth-order valence-corrected chi connectivity index (χ4v) is 6.43. The molecule has 0 saturated heterocycles. The third-order valence-corrected chi connectivity index (χ3v) is 8.18. The molecule has 6 nitrogen and oxygen atoms in total. The standard InChI is InChI=1S/C23H27FIN6S/c1-15-14-31-20(17-8-9-25-27-12-17)13-26-23(31)22(28-15)29-21-11-19(30-32-21)10-16-4-2-6-18(24)7-3-5-16/h8-9,11-14,16,18,27H,2-7,10H2,1H3,(H,28,29)/q-1. The molecule has 0 spiro atoms. The van der Waals surface area contributed by atoms with Gasteiger partial charge in [-0.1, -0.05) is 12.8 Å². The number of aryl methyl sites for hydroxylation is 1. The Hall–Kier alpha value is -2.01. The summed E-state index contributed by atoms with van der Waals surface area (Å²) in [6.45, 7) is 2.00. The van der Waals surface area contributed by atoms with Crippen LogP contribution < -0.4 is 30.3 Å². The van der Waals surface area contributed by atoms with Crippen LogP contribution in [-0.2, 0) is 6.42 Å². The van der Waals surface area contributed by atoms with Crippen LogP contribution in [0.1, 0.15) is 55.6 Å². The molecule has 1 saturated carbocycles. The van der Waals surface area contributed by atoms with Crippen LogP contribution in [0.4, 0.5) is 15.2 Å². The Labute approximate surface area is 202 Å². The van der Waals surface area contributed by atoms with Crippen molar-refractivity contribution >= 4 is 33.6 Å². The Kier molecular flexibility index (Phi) is 6.72.